The largest absolute Gasteiger partial charge is 0.386 e. The summed E-state index contributed by atoms with van der Waals surface area (Å²) in [6.45, 7) is 7.86. The second kappa shape index (κ2) is 5.15. The van der Waals surface area contributed by atoms with E-state index in [9.17, 15) is 0 Å². The highest BCUT2D eigenvalue weighted by molar-refractivity contribution is 5.82. The monoisotopic (exact) mass is 224 g/mol. The molecular weight excluding hydrogens is 200 g/mol. The van der Waals surface area contributed by atoms with Gasteiger partial charge >= 0.3 is 0 Å². The molecule has 92 valence electrons. The van der Waals surface area contributed by atoms with Gasteiger partial charge in [0.25, 0.3) is 0 Å². The normalized spacial score (nSPS) is 25.6. The van der Waals surface area contributed by atoms with Crippen molar-refractivity contribution >= 4 is 5.84 Å². The molecule has 2 rings (SSSR count). The fourth-order valence-electron chi connectivity index (χ4n) is 2.60. The number of hydrogen-bond donors (Lipinski definition) is 2. The van der Waals surface area contributed by atoms with Crippen LogP contribution in [0.4, 0.5) is 0 Å². The highest BCUT2D eigenvalue weighted by atomic mass is 15.3. The van der Waals surface area contributed by atoms with E-state index in [1.54, 1.807) is 0 Å². The van der Waals surface area contributed by atoms with E-state index in [1.165, 1.54) is 19.4 Å². The van der Waals surface area contributed by atoms with Crippen LogP contribution in [0.15, 0.2) is 0 Å². The molecule has 1 aliphatic heterocycles. The Morgan fingerprint density at radius 2 is 1.94 bits per heavy atom. The highest BCUT2D eigenvalue weighted by Crippen LogP contribution is 2.30. The lowest BCUT2D eigenvalue weighted by Crippen LogP contribution is -2.54. The summed E-state index contributed by atoms with van der Waals surface area (Å²) in [7, 11) is 0. The zero-order chi connectivity index (χ0) is 11.5. The lowest BCUT2D eigenvalue weighted by atomic mass is 10.1. The smallest absolute Gasteiger partial charge is 0.108 e. The van der Waals surface area contributed by atoms with Gasteiger partial charge < -0.3 is 10.6 Å². The summed E-state index contributed by atoms with van der Waals surface area (Å²) in [6, 6.07) is 0.170. The van der Waals surface area contributed by atoms with E-state index in [0.29, 0.717) is 5.84 Å². The summed E-state index contributed by atoms with van der Waals surface area (Å²) in [4.78, 5) is 4.94. The van der Waals surface area contributed by atoms with Crippen molar-refractivity contribution in [1.29, 1.82) is 5.41 Å². The van der Waals surface area contributed by atoms with Crippen molar-refractivity contribution in [3.05, 3.63) is 0 Å². The van der Waals surface area contributed by atoms with Gasteiger partial charge in [-0.25, -0.2) is 0 Å². The zero-order valence-corrected chi connectivity index (χ0v) is 10.3. The standard InChI is InChI=1S/C12H24N4/c1-2-11(12(13)14)16-7-5-15(6-8-16)9-10-3-4-10/h10-11H,2-9H2,1H3,(H3,13,14). The van der Waals surface area contributed by atoms with Crippen LogP contribution in [0.5, 0.6) is 0 Å². The Morgan fingerprint density at radius 1 is 1.31 bits per heavy atom. The first-order valence-electron chi connectivity index (χ1n) is 6.51. The van der Waals surface area contributed by atoms with Gasteiger partial charge in [-0.1, -0.05) is 6.92 Å². The Bertz CT molecular complexity index is 241. The Balaban J connectivity index is 1.76. The SMILES string of the molecule is CCC(C(=N)N)N1CCN(CC2CC2)CC1. The zero-order valence-electron chi connectivity index (χ0n) is 10.3. The second-order valence-corrected chi connectivity index (χ2v) is 5.16. The van der Waals surface area contributed by atoms with Gasteiger partial charge in [0.1, 0.15) is 5.84 Å². The maximum atomic E-state index is 7.58. The Labute approximate surface area is 98.3 Å². The van der Waals surface area contributed by atoms with Gasteiger partial charge in [-0.3, -0.25) is 10.3 Å². The molecule has 1 heterocycles. The fourth-order valence-corrected chi connectivity index (χ4v) is 2.60. The Kier molecular flexibility index (Phi) is 3.82. The van der Waals surface area contributed by atoms with E-state index < -0.39 is 0 Å². The number of amidine groups is 1. The van der Waals surface area contributed by atoms with Crippen LogP contribution in [-0.4, -0.2) is 54.4 Å². The highest BCUT2D eigenvalue weighted by Gasteiger charge is 2.28. The van der Waals surface area contributed by atoms with Gasteiger partial charge in [0.05, 0.1) is 6.04 Å². The van der Waals surface area contributed by atoms with Crippen molar-refractivity contribution < 1.29 is 0 Å². The molecule has 0 spiro atoms. The fraction of sp³-hybridized carbons (Fsp3) is 0.917. The maximum absolute atomic E-state index is 7.58. The molecule has 4 nitrogen and oxygen atoms in total. The first-order chi connectivity index (χ1) is 7.70. The number of piperazine rings is 1. The van der Waals surface area contributed by atoms with Crippen LogP contribution in [0, 0.1) is 11.3 Å². The topological polar surface area (TPSA) is 56.4 Å². The molecule has 0 aromatic rings. The molecule has 0 radical (unpaired) electrons. The number of nitrogens with zero attached hydrogens (tertiary/aromatic N) is 2. The third-order valence-corrected chi connectivity index (χ3v) is 3.81. The first-order valence-corrected chi connectivity index (χ1v) is 6.51. The van der Waals surface area contributed by atoms with Crippen molar-refractivity contribution in [2.75, 3.05) is 32.7 Å². The van der Waals surface area contributed by atoms with Gasteiger partial charge in [0.15, 0.2) is 0 Å². The van der Waals surface area contributed by atoms with Crippen molar-refractivity contribution in [3.8, 4) is 0 Å². The molecule has 1 atom stereocenters. The van der Waals surface area contributed by atoms with Crippen LogP contribution in [0.3, 0.4) is 0 Å². The Hall–Kier alpha value is -0.610. The minimum atomic E-state index is 0.170. The van der Waals surface area contributed by atoms with E-state index in [2.05, 4.69) is 16.7 Å². The molecule has 0 aromatic carbocycles. The lowest BCUT2D eigenvalue weighted by molar-refractivity contribution is 0.112. The van der Waals surface area contributed by atoms with E-state index in [4.69, 9.17) is 11.1 Å². The van der Waals surface area contributed by atoms with E-state index in [-0.39, 0.29) is 6.04 Å². The van der Waals surface area contributed by atoms with Gasteiger partial charge in [0, 0.05) is 32.7 Å². The molecule has 2 aliphatic rings. The van der Waals surface area contributed by atoms with E-state index >= 15 is 0 Å². The first kappa shape index (κ1) is 11.9. The Morgan fingerprint density at radius 3 is 2.38 bits per heavy atom. The van der Waals surface area contributed by atoms with Crippen molar-refractivity contribution in [3.63, 3.8) is 0 Å². The summed E-state index contributed by atoms with van der Waals surface area (Å²) in [5.74, 6) is 1.32. The summed E-state index contributed by atoms with van der Waals surface area (Å²) < 4.78 is 0. The third-order valence-electron chi connectivity index (χ3n) is 3.81. The summed E-state index contributed by atoms with van der Waals surface area (Å²) >= 11 is 0. The van der Waals surface area contributed by atoms with Gasteiger partial charge in [-0.15, -0.1) is 0 Å². The predicted molar refractivity (Wildman–Crippen MR) is 66.7 cm³/mol. The van der Waals surface area contributed by atoms with Crippen molar-refractivity contribution in [1.82, 2.24) is 9.80 Å². The second-order valence-electron chi connectivity index (χ2n) is 5.16. The molecule has 1 unspecified atom stereocenters. The summed E-state index contributed by atoms with van der Waals surface area (Å²) in [5.41, 5.74) is 5.63. The van der Waals surface area contributed by atoms with Crippen LogP contribution >= 0.6 is 0 Å². The minimum Gasteiger partial charge on any atom is -0.386 e. The molecule has 16 heavy (non-hydrogen) atoms. The number of nitrogens with one attached hydrogen (secondary N) is 1. The van der Waals surface area contributed by atoms with Crippen LogP contribution in [0.2, 0.25) is 0 Å². The molecule has 4 heteroatoms. The molecule has 1 aliphatic carbocycles. The van der Waals surface area contributed by atoms with Crippen molar-refractivity contribution in [2.24, 2.45) is 11.7 Å². The summed E-state index contributed by atoms with van der Waals surface area (Å²) in [6.07, 6.45) is 3.83. The molecule has 1 saturated heterocycles. The van der Waals surface area contributed by atoms with E-state index in [0.717, 1.165) is 38.5 Å². The van der Waals surface area contributed by atoms with Gasteiger partial charge in [0.2, 0.25) is 0 Å². The van der Waals surface area contributed by atoms with Crippen LogP contribution < -0.4 is 5.73 Å². The number of nitrogens with two attached hydrogens (primary N) is 1. The van der Waals surface area contributed by atoms with Gasteiger partial charge in [-0.2, -0.15) is 0 Å². The predicted octanol–water partition coefficient (Wildman–Crippen LogP) is 0.729. The van der Waals surface area contributed by atoms with Gasteiger partial charge in [-0.05, 0) is 25.2 Å². The minimum absolute atomic E-state index is 0.170. The molecule has 3 N–H and O–H groups in total. The maximum Gasteiger partial charge on any atom is 0.108 e. The average Bonchev–Trinajstić information content (AvgIpc) is 3.05. The third kappa shape index (κ3) is 2.95. The van der Waals surface area contributed by atoms with E-state index in [1.807, 2.05) is 0 Å². The molecule has 0 amide bonds. The van der Waals surface area contributed by atoms with Crippen LogP contribution in [0.25, 0.3) is 0 Å². The van der Waals surface area contributed by atoms with Crippen LogP contribution in [0.1, 0.15) is 26.2 Å². The molecule has 0 bridgehead atoms. The molecule has 0 aromatic heterocycles. The van der Waals surface area contributed by atoms with Crippen LogP contribution in [-0.2, 0) is 0 Å². The summed E-state index contributed by atoms with van der Waals surface area (Å²) in [5, 5.41) is 7.58. The number of hydrogen-bond acceptors (Lipinski definition) is 3. The lowest BCUT2D eigenvalue weighted by Gasteiger charge is -2.38. The quantitative estimate of drug-likeness (QED) is 0.534. The molecule has 2 fully saturated rings. The average molecular weight is 224 g/mol. The molecule has 1 saturated carbocycles. The molecular formula is C12H24N4. The number of rotatable bonds is 5. The van der Waals surface area contributed by atoms with Crippen molar-refractivity contribution in [2.45, 2.75) is 32.2 Å².